The predicted molar refractivity (Wildman–Crippen MR) is 101 cm³/mol. The van der Waals surface area contributed by atoms with E-state index in [2.05, 4.69) is 5.32 Å². The molecule has 0 saturated carbocycles. The third kappa shape index (κ3) is 5.70. The molecule has 0 aliphatic carbocycles. The van der Waals surface area contributed by atoms with Crippen molar-refractivity contribution in [1.82, 2.24) is 4.90 Å². The number of amides is 2. The number of rotatable bonds is 8. The van der Waals surface area contributed by atoms with Crippen LogP contribution in [0.3, 0.4) is 0 Å². The molecule has 7 heteroatoms. The molecule has 1 aromatic heterocycles. The molecule has 0 atom stereocenters. The van der Waals surface area contributed by atoms with Gasteiger partial charge in [0.25, 0.3) is 5.91 Å². The fourth-order valence-corrected chi connectivity index (χ4v) is 2.49. The van der Waals surface area contributed by atoms with Crippen molar-refractivity contribution in [2.45, 2.75) is 6.54 Å². The molecule has 3 aromatic rings. The topological polar surface area (TPSA) is 71.8 Å². The Morgan fingerprint density at radius 3 is 2.43 bits per heavy atom. The maximum atomic E-state index is 13.0. The summed E-state index contributed by atoms with van der Waals surface area (Å²) in [5, 5.41) is 2.74. The summed E-state index contributed by atoms with van der Waals surface area (Å²) in [5.74, 6) is -0.225. The Kier molecular flexibility index (Phi) is 6.41. The molecule has 2 aromatic carbocycles. The molecule has 1 N–H and O–H groups in total. The van der Waals surface area contributed by atoms with E-state index in [4.69, 9.17) is 9.15 Å². The second-order valence-corrected chi connectivity index (χ2v) is 5.99. The maximum absolute atomic E-state index is 13.0. The van der Waals surface area contributed by atoms with Crippen LogP contribution in [-0.2, 0) is 16.1 Å². The van der Waals surface area contributed by atoms with Gasteiger partial charge in [-0.25, -0.2) is 4.39 Å². The lowest BCUT2D eigenvalue weighted by Crippen LogP contribution is -2.40. The molecule has 0 bridgehead atoms. The van der Waals surface area contributed by atoms with Crippen molar-refractivity contribution >= 4 is 17.5 Å². The molecule has 1 heterocycles. The first-order chi connectivity index (χ1) is 13.6. The molecular weight excluding hydrogens is 363 g/mol. The number of carbonyl (C=O) groups is 2. The fraction of sp³-hybridized carbons (Fsp3) is 0.143. The number of ether oxygens (including phenoxy) is 1. The van der Waals surface area contributed by atoms with Crippen molar-refractivity contribution in [3.05, 3.63) is 84.6 Å². The van der Waals surface area contributed by atoms with Crippen molar-refractivity contribution in [3.63, 3.8) is 0 Å². The number of hydrogen-bond acceptors (Lipinski definition) is 4. The van der Waals surface area contributed by atoms with Gasteiger partial charge in [0.05, 0.1) is 12.8 Å². The largest absolute Gasteiger partial charge is 0.484 e. The average molecular weight is 382 g/mol. The predicted octanol–water partition coefficient (Wildman–Crippen LogP) is 3.47. The van der Waals surface area contributed by atoms with E-state index in [0.29, 0.717) is 17.2 Å². The maximum Gasteiger partial charge on any atom is 0.261 e. The minimum atomic E-state index is -0.399. The summed E-state index contributed by atoms with van der Waals surface area (Å²) < 4.78 is 23.6. The highest BCUT2D eigenvalue weighted by Crippen LogP contribution is 2.12. The summed E-state index contributed by atoms with van der Waals surface area (Å²) in [7, 11) is 0. The third-order valence-corrected chi connectivity index (χ3v) is 3.85. The molecule has 0 aliphatic heterocycles. The number of para-hydroxylation sites is 1. The van der Waals surface area contributed by atoms with E-state index < -0.39 is 11.7 Å². The van der Waals surface area contributed by atoms with Gasteiger partial charge in [-0.1, -0.05) is 18.2 Å². The van der Waals surface area contributed by atoms with Crippen molar-refractivity contribution in [2.24, 2.45) is 0 Å². The van der Waals surface area contributed by atoms with Crippen LogP contribution in [0.1, 0.15) is 5.76 Å². The summed E-state index contributed by atoms with van der Waals surface area (Å²) in [4.78, 5) is 26.3. The third-order valence-electron chi connectivity index (χ3n) is 3.85. The first-order valence-electron chi connectivity index (χ1n) is 8.63. The zero-order valence-corrected chi connectivity index (χ0v) is 15.0. The van der Waals surface area contributed by atoms with Crippen LogP contribution in [0.15, 0.2) is 77.4 Å². The number of benzene rings is 2. The minimum absolute atomic E-state index is 0.126. The van der Waals surface area contributed by atoms with E-state index >= 15 is 0 Å². The Labute approximate surface area is 161 Å². The minimum Gasteiger partial charge on any atom is -0.484 e. The Balaban J connectivity index is 1.62. The van der Waals surface area contributed by atoms with E-state index in [1.807, 2.05) is 6.07 Å². The van der Waals surface area contributed by atoms with Gasteiger partial charge >= 0.3 is 0 Å². The van der Waals surface area contributed by atoms with Gasteiger partial charge in [-0.05, 0) is 48.5 Å². The quantitative estimate of drug-likeness (QED) is 0.648. The van der Waals surface area contributed by atoms with Crippen molar-refractivity contribution in [2.75, 3.05) is 18.5 Å². The highest BCUT2D eigenvalue weighted by atomic mass is 19.1. The molecule has 0 saturated heterocycles. The van der Waals surface area contributed by atoms with Crippen molar-refractivity contribution in [3.8, 4) is 5.75 Å². The number of hydrogen-bond donors (Lipinski definition) is 1. The van der Waals surface area contributed by atoms with Gasteiger partial charge in [-0.2, -0.15) is 0 Å². The molecule has 144 valence electrons. The smallest absolute Gasteiger partial charge is 0.261 e. The molecule has 2 amide bonds. The van der Waals surface area contributed by atoms with E-state index in [1.165, 1.54) is 35.4 Å². The normalized spacial score (nSPS) is 10.3. The number of nitrogens with one attached hydrogen (secondary N) is 1. The summed E-state index contributed by atoms with van der Waals surface area (Å²) in [6.07, 6.45) is 1.50. The van der Waals surface area contributed by atoms with Gasteiger partial charge in [0.15, 0.2) is 6.61 Å². The standard InChI is InChI=1S/C21H19FN2O4/c22-16-8-10-18(11-9-16)28-15-21(26)24(13-19-7-4-12-27-19)14-20(25)23-17-5-2-1-3-6-17/h1-12H,13-15H2,(H,23,25). The van der Waals surface area contributed by atoms with Gasteiger partial charge in [0.1, 0.15) is 23.9 Å². The molecule has 0 unspecified atom stereocenters. The first-order valence-corrected chi connectivity index (χ1v) is 8.63. The number of furan rings is 1. The van der Waals surface area contributed by atoms with Crippen LogP contribution in [0.4, 0.5) is 10.1 Å². The molecule has 0 fully saturated rings. The average Bonchev–Trinajstić information content (AvgIpc) is 3.21. The second-order valence-electron chi connectivity index (χ2n) is 5.99. The Morgan fingerprint density at radius 1 is 1.00 bits per heavy atom. The van der Waals surface area contributed by atoms with Gasteiger partial charge in [0.2, 0.25) is 5.91 Å². The lowest BCUT2D eigenvalue weighted by molar-refractivity contribution is -0.137. The van der Waals surface area contributed by atoms with Crippen LogP contribution in [0, 0.1) is 5.82 Å². The van der Waals surface area contributed by atoms with E-state index in [1.54, 1.807) is 36.4 Å². The van der Waals surface area contributed by atoms with Gasteiger partial charge in [-0.3, -0.25) is 9.59 Å². The summed E-state index contributed by atoms with van der Waals surface area (Å²) in [6, 6.07) is 17.7. The second kappa shape index (κ2) is 9.36. The monoisotopic (exact) mass is 382 g/mol. The molecule has 28 heavy (non-hydrogen) atoms. The van der Waals surface area contributed by atoms with Gasteiger partial charge in [0, 0.05) is 5.69 Å². The molecule has 0 spiro atoms. The SMILES string of the molecule is O=C(CN(Cc1ccco1)C(=O)COc1ccc(F)cc1)Nc1ccccc1. The lowest BCUT2D eigenvalue weighted by atomic mass is 10.3. The highest BCUT2D eigenvalue weighted by molar-refractivity contribution is 5.94. The van der Waals surface area contributed by atoms with E-state index in [9.17, 15) is 14.0 Å². The molecule has 3 rings (SSSR count). The van der Waals surface area contributed by atoms with Gasteiger partial charge < -0.3 is 19.4 Å². The number of nitrogens with zero attached hydrogens (tertiary/aromatic N) is 1. The lowest BCUT2D eigenvalue weighted by Gasteiger charge is -2.21. The Bertz CT molecular complexity index is 896. The summed E-state index contributed by atoms with van der Waals surface area (Å²) >= 11 is 0. The number of carbonyl (C=O) groups excluding carboxylic acids is 2. The van der Waals surface area contributed by atoms with Crippen molar-refractivity contribution < 1.29 is 23.1 Å². The summed E-state index contributed by atoms with van der Waals surface area (Å²) in [5.41, 5.74) is 0.639. The van der Waals surface area contributed by atoms with Crippen LogP contribution < -0.4 is 10.1 Å². The zero-order chi connectivity index (χ0) is 19.8. The zero-order valence-electron chi connectivity index (χ0n) is 15.0. The molecule has 0 radical (unpaired) electrons. The van der Waals surface area contributed by atoms with E-state index in [-0.39, 0.29) is 25.6 Å². The number of halogens is 1. The molecule has 6 nitrogen and oxygen atoms in total. The van der Waals surface area contributed by atoms with Crippen molar-refractivity contribution in [1.29, 1.82) is 0 Å². The van der Waals surface area contributed by atoms with Crippen LogP contribution in [0.5, 0.6) is 5.75 Å². The van der Waals surface area contributed by atoms with E-state index in [0.717, 1.165) is 0 Å². The molecule has 0 aliphatic rings. The first kappa shape index (κ1) is 19.2. The van der Waals surface area contributed by atoms with Gasteiger partial charge in [-0.15, -0.1) is 0 Å². The Morgan fingerprint density at radius 2 is 1.75 bits per heavy atom. The fourth-order valence-electron chi connectivity index (χ4n) is 2.49. The van der Waals surface area contributed by atoms with Crippen LogP contribution in [0.25, 0.3) is 0 Å². The summed E-state index contributed by atoms with van der Waals surface area (Å²) in [6.45, 7) is -0.326. The van der Waals surface area contributed by atoms with Crippen LogP contribution >= 0.6 is 0 Å². The van der Waals surface area contributed by atoms with Crippen LogP contribution in [-0.4, -0.2) is 29.9 Å². The van der Waals surface area contributed by atoms with Crippen LogP contribution in [0.2, 0.25) is 0 Å². The Hall–Kier alpha value is -3.61. The highest BCUT2D eigenvalue weighted by Gasteiger charge is 2.19. The molecular formula is C21H19FN2O4. The number of anilines is 1.